The molecule has 2 aromatic rings. The highest BCUT2D eigenvalue weighted by Crippen LogP contribution is 2.28. The first kappa shape index (κ1) is 20.8. The van der Waals surface area contributed by atoms with E-state index < -0.39 is 0 Å². The van der Waals surface area contributed by atoms with E-state index in [1.54, 1.807) is 7.11 Å². The summed E-state index contributed by atoms with van der Waals surface area (Å²) in [5.74, 6) is 1.44. The Hall–Kier alpha value is -2.51. The minimum absolute atomic E-state index is 0.179. The maximum Gasteiger partial charge on any atom is 0.161 e. The molecule has 0 aliphatic heterocycles. The minimum atomic E-state index is 0.179. The topological polar surface area (TPSA) is 54.3 Å². The summed E-state index contributed by atoms with van der Waals surface area (Å²) in [7, 11) is 1.64. The highest BCUT2D eigenvalue weighted by molar-refractivity contribution is 5.43. The molecule has 2 rings (SSSR count). The predicted molar refractivity (Wildman–Crippen MR) is 109 cm³/mol. The normalized spacial score (nSPS) is 11.1. The van der Waals surface area contributed by atoms with Crippen molar-refractivity contribution in [3.8, 4) is 17.6 Å². The molecule has 1 N–H and O–H groups in total. The van der Waals surface area contributed by atoms with Crippen molar-refractivity contribution >= 4 is 0 Å². The predicted octanol–water partition coefficient (Wildman–Crippen LogP) is 4.97. The zero-order valence-corrected chi connectivity index (χ0v) is 16.8. The van der Waals surface area contributed by atoms with E-state index in [4.69, 9.17) is 14.7 Å². The molecule has 0 bridgehead atoms. The van der Waals surface area contributed by atoms with Crippen molar-refractivity contribution < 1.29 is 9.47 Å². The zero-order valence-electron chi connectivity index (χ0n) is 16.8. The summed E-state index contributed by atoms with van der Waals surface area (Å²) >= 11 is 0. The van der Waals surface area contributed by atoms with Crippen molar-refractivity contribution in [2.24, 2.45) is 0 Å². The van der Waals surface area contributed by atoms with Crippen LogP contribution in [-0.4, -0.2) is 13.7 Å². The molecule has 0 atom stereocenters. The van der Waals surface area contributed by atoms with Crippen molar-refractivity contribution in [3.63, 3.8) is 0 Å². The minimum Gasteiger partial charge on any atom is -0.493 e. The van der Waals surface area contributed by atoms with E-state index >= 15 is 0 Å². The Balaban J connectivity index is 1.90. The maximum atomic E-state index is 8.62. The van der Waals surface area contributed by atoms with Crippen LogP contribution in [0.2, 0.25) is 0 Å². The van der Waals surface area contributed by atoms with Gasteiger partial charge in [-0.3, -0.25) is 0 Å². The number of nitriles is 1. The number of nitrogens with zero attached hydrogens (tertiary/aromatic N) is 1. The van der Waals surface area contributed by atoms with Crippen molar-refractivity contribution in [1.82, 2.24) is 5.32 Å². The summed E-state index contributed by atoms with van der Waals surface area (Å²) < 4.78 is 11.1. The van der Waals surface area contributed by atoms with E-state index in [9.17, 15) is 0 Å². The summed E-state index contributed by atoms with van der Waals surface area (Å²) in [6, 6.07) is 16.9. The molecule has 4 nitrogen and oxygen atoms in total. The van der Waals surface area contributed by atoms with Gasteiger partial charge in [-0.15, -0.1) is 0 Å². The average molecular weight is 367 g/mol. The standard InChI is InChI=1S/C23H30N2O2/c1-23(2,3)20-10-7-18(8-11-20)16-25-17-19-9-12-21(26-4)22(15-19)27-14-6-5-13-24/h7-12,15,25H,5-6,14,16-17H2,1-4H3. The smallest absolute Gasteiger partial charge is 0.161 e. The molecular weight excluding hydrogens is 336 g/mol. The highest BCUT2D eigenvalue weighted by Gasteiger charge is 2.12. The summed E-state index contributed by atoms with van der Waals surface area (Å²) in [4.78, 5) is 0. The summed E-state index contributed by atoms with van der Waals surface area (Å²) in [6.07, 6.45) is 1.21. The van der Waals surface area contributed by atoms with Crippen LogP contribution in [0.5, 0.6) is 11.5 Å². The van der Waals surface area contributed by atoms with Crippen LogP contribution in [0.25, 0.3) is 0 Å². The number of ether oxygens (including phenoxy) is 2. The van der Waals surface area contributed by atoms with E-state index in [0.717, 1.165) is 24.4 Å². The quantitative estimate of drug-likeness (QED) is 0.637. The fraction of sp³-hybridized carbons (Fsp3) is 0.435. The van der Waals surface area contributed by atoms with E-state index in [1.807, 2.05) is 18.2 Å². The third-order valence-electron chi connectivity index (χ3n) is 4.40. The molecule has 0 heterocycles. The second-order valence-corrected chi connectivity index (χ2v) is 7.65. The van der Waals surface area contributed by atoms with Crippen molar-refractivity contribution in [2.75, 3.05) is 13.7 Å². The lowest BCUT2D eigenvalue weighted by atomic mass is 9.87. The number of unbranched alkanes of at least 4 members (excludes halogenated alkanes) is 1. The van der Waals surface area contributed by atoms with Crippen molar-refractivity contribution in [2.45, 2.75) is 52.1 Å². The van der Waals surface area contributed by atoms with Gasteiger partial charge in [0.15, 0.2) is 11.5 Å². The second kappa shape index (κ2) is 9.99. The zero-order chi connectivity index (χ0) is 19.7. The molecule has 144 valence electrons. The molecule has 0 unspecified atom stereocenters. The van der Waals surface area contributed by atoms with E-state index in [-0.39, 0.29) is 5.41 Å². The number of hydrogen-bond donors (Lipinski definition) is 1. The first-order valence-corrected chi connectivity index (χ1v) is 9.41. The van der Waals surface area contributed by atoms with Crippen LogP contribution in [0.4, 0.5) is 0 Å². The number of rotatable bonds is 9. The van der Waals surface area contributed by atoms with Gasteiger partial charge in [0.1, 0.15) is 0 Å². The molecule has 0 aliphatic carbocycles. The second-order valence-electron chi connectivity index (χ2n) is 7.65. The molecule has 0 radical (unpaired) electrons. The highest BCUT2D eigenvalue weighted by atomic mass is 16.5. The molecule has 0 fully saturated rings. The Morgan fingerprint density at radius 2 is 1.63 bits per heavy atom. The van der Waals surface area contributed by atoms with Gasteiger partial charge in [0.2, 0.25) is 0 Å². The largest absolute Gasteiger partial charge is 0.493 e. The van der Waals surface area contributed by atoms with Crippen LogP contribution in [0, 0.1) is 11.3 Å². The molecule has 0 saturated carbocycles. The first-order valence-electron chi connectivity index (χ1n) is 9.41. The molecule has 0 amide bonds. The molecule has 0 spiro atoms. The number of methoxy groups -OCH3 is 1. The van der Waals surface area contributed by atoms with Gasteiger partial charge in [0.25, 0.3) is 0 Å². The van der Waals surface area contributed by atoms with Gasteiger partial charge in [-0.05, 0) is 40.7 Å². The Labute approximate surface area is 163 Å². The van der Waals surface area contributed by atoms with Crippen LogP contribution in [0.3, 0.4) is 0 Å². The van der Waals surface area contributed by atoms with E-state index in [0.29, 0.717) is 25.2 Å². The summed E-state index contributed by atoms with van der Waals surface area (Å²) in [5, 5.41) is 12.1. The monoisotopic (exact) mass is 366 g/mol. The van der Waals surface area contributed by atoms with Gasteiger partial charge in [0, 0.05) is 19.5 Å². The third kappa shape index (κ3) is 6.62. The Morgan fingerprint density at radius 3 is 2.26 bits per heavy atom. The lowest BCUT2D eigenvalue weighted by Crippen LogP contribution is -2.14. The molecule has 0 saturated heterocycles. The lowest BCUT2D eigenvalue weighted by Gasteiger charge is -2.19. The Kier molecular flexibility index (Phi) is 7.69. The van der Waals surface area contributed by atoms with Crippen LogP contribution >= 0.6 is 0 Å². The number of benzene rings is 2. The fourth-order valence-electron chi connectivity index (χ4n) is 2.75. The average Bonchev–Trinajstić information content (AvgIpc) is 2.65. The fourth-order valence-corrected chi connectivity index (χ4v) is 2.75. The van der Waals surface area contributed by atoms with Gasteiger partial charge in [-0.1, -0.05) is 51.1 Å². The molecule has 0 aliphatic rings. The Morgan fingerprint density at radius 1 is 0.963 bits per heavy atom. The van der Waals surface area contributed by atoms with Gasteiger partial charge < -0.3 is 14.8 Å². The van der Waals surface area contributed by atoms with Gasteiger partial charge in [-0.25, -0.2) is 0 Å². The third-order valence-corrected chi connectivity index (χ3v) is 4.40. The SMILES string of the molecule is COc1ccc(CNCc2ccc(C(C)(C)C)cc2)cc1OCCCC#N. The number of hydrogen-bond acceptors (Lipinski definition) is 4. The van der Waals surface area contributed by atoms with Crippen molar-refractivity contribution in [3.05, 3.63) is 59.2 Å². The van der Waals surface area contributed by atoms with Crippen molar-refractivity contribution in [1.29, 1.82) is 5.26 Å². The number of nitrogens with one attached hydrogen (secondary N) is 1. The maximum absolute atomic E-state index is 8.62. The van der Waals surface area contributed by atoms with E-state index in [2.05, 4.69) is 56.4 Å². The molecule has 4 heteroatoms. The van der Waals surface area contributed by atoms with Crippen LogP contribution in [0.15, 0.2) is 42.5 Å². The molecule has 27 heavy (non-hydrogen) atoms. The van der Waals surface area contributed by atoms with Gasteiger partial charge in [0.05, 0.1) is 19.8 Å². The molecule has 0 aromatic heterocycles. The Bertz CT molecular complexity index is 755. The van der Waals surface area contributed by atoms with E-state index in [1.165, 1.54) is 11.1 Å². The molecular formula is C23H30N2O2. The van der Waals surface area contributed by atoms with Crippen LogP contribution in [0.1, 0.15) is 50.3 Å². The summed E-state index contributed by atoms with van der Waals surface area (Å²) in [5.41, 5.74) is 3.93. The van der Waals surface area contributed by atoms with Gasteiger partial charge in [-0.2, -0.15) is 5.26 Å². The summed E-state index contributed by atoms with van der Waals surface area (Å²) in [6.45, 7) is 8.76. The van der Waals surface area contributed by atoms with Gasteiger partial charge >= 0.3 is 0 Å². The van der Waals surface area contributed by atoms with Crippen LogP contribution < -0.4 is 14.8 Å². The lowest BCUT2D eigenvalue weighted by molar-refractivity contribution is 0.290. The first-order chi connectivity index (χ1) is 12.9. The molecule has 2 aromatic carbocycles. The van der Waals surface area contributed by atoms with Crippen LogP contribution in [-0.2, 0) is 18.5 Å².